The molecular formula is C13H12Br2N2O2S. The number of nitrogens with one attached hydrogen (secondary N) is 1. The number of rotatable bonds is 6. The van der Waals surface area contributed by atoms with Crippen LogP contribution in [0.3, 0.4) is 0 Å². The molecule has 1 N–H and O–H groups in total. The molecule has 0 aliphatic rings. The second-order valence-corrected chi connectivity index (χ2v) is 7.63. The first-order valence-electron chi connectivity index (χ1n) is 5.94. The van der Waals surface area contributed by atoms with Gasteiger partial charge in [-0.2, -0.15) is 0 Å². The maximum absolute atomic E-state index is 10.9. The third-order valence-electron chi connectivity index (χ3n) is 2.73. The highest BCUT2D eigenvalue weighted by atomic mass is 79.9. The van der Waals surface area contributed by atoms with Crippen LogP contribution in [0.5, 0.6) is 0 Å². The molecule has 1 heterocycles. The third kappa shape index (κ3) is 4.37. The van der Waals surface area contributed by atoms with Crippen molar-refractivity contribution in [2.24, 2.45) is 0 Å². The van der Waals surface area contributed by atoms with Crippen molar-refractivity contribution in [1.82, 2.24) is 5.32 Å². The molecule has 0 fully saturated rings. The Morgan fingerprint density at radius 3 is 2.70 bits per heavy atom. The van der Waals surface area contributed by atoms with E-state index in [-0.39, 0.29) is 10.6 Å². The first-order chi connectivity index (χ1) is 9.56. The van der Waals surface area contributed by atoms with Crippen LogP contribution in [0.2, 0.25) is 0 Å². The largest absolute Gasteiger partial charge is 0.312 e. The van der Waals surface area contributed by atoms with E-state index in [1.807, 2.05) is 6.07 Å². The summed E-state index contributed by atoms with van der Waals surface area (Å²) < 4.78 is 1.97. The van der Waals surface area contributed by atoms with Gasteiger partial charge in [0.15, 0.2) is 0 Å². The van der Waals surface area contributed by atoms with Gasteiger partial charge in [-0.15, -0.1) is 11.3 Å². The van der Waals surface area contributed by atoms with Crippen LogP contribution in [-0.2, 0) is 13.0 Å². The Bertz CT molecular complexity index is 616. The zero-order chi connectivity index (χ0) is 14.5. The zero-order valence-electron chi connectivity index (χ0n) is 10.4. The van der Waals surface area contributed by atoms with Gasteiger partial charge in [0.05, 0.1) is 8.71 Å². The number of nitro benzene ring substituents is 1. The van der Waals surface area contributed by atoms with Gasteiger partial charge >= 0.3 is 0 Å². The van der Waals surface area contributed by atoms with Crippen LogP contribution in [0.15, 0.2) is 38.6 Å². The summed E-state index contributed by atoms with van der Waals surface area (Å²) in [5, 5.41) is 14.2. The van der Waals surface area contributed by atoms with Gasteiger partial charge in [-0.05, 0) is 46.6 Å². The molecule has 0 saturated carbocycles. The van der Waals surface area contributed by atoms with Crippen LogP contribution >= 0.6 is 43.2 Å². The van der Waals surface area contributed by atoms with Gasteiger partial charge < -0.3 is 5.32 Å². The molecule has 0 amide bonds. The normalized spacial score (nSPS) is 10.7. The third-order valence-corrected chi connectivity index (χ3v) is 4.91. The average Bonchev–Trinajstić information content (AvgIpc) is 2.80. The van der Waals surface area contributed by atoms with Crippen molar-refractivity contribution in [2.45, 2.75) is 13.0 Å². The minimum atomic E-state index is -0.347. The Hall–Kier alpha value is -0.760. The number of nitro groups is 1. The van der Waals surface area contributed by atoms with Gasteiger partial charge in [0.1, 0.15) is 0 Å². The van der Waals surface area contributed by atoms with Gasteiger partial charge in [0.2, 0.25) is 0 Å². The van der Waals surface area contributed by atoms with Crippen molar-refractivity contribution in [3.8, 4) is 0 Å². The highest BCUT2D eigenvalue weighted by Crippen LogP contribution is 2.23. The van der Waals surface area contributed by atoms with Crippen LogP contribution in [-0.4, -0.2) is 11.5 Å². The Morgan fingerprint density at radius 1 is 1.25 bits per heavy atom. The molecule has 0 aliphatic heterocycles. The lowest BCUT2D eigenvalue weighted by atomic mass is 10.2. The summed E-state index contributed by atoms with van der Waals surface area (Å²) in [6, 6.07) is 9.10. The number of hydrogen-bond donors (Lipinski definition) is 1. The second kappa shape index (κ2) is 7.31. The van der Waals surface area contributed by atoms with Gasteiger partial charge in [0, 0.05) is 34.1 Å². The molecule has 4 nitrogen and oxygen atoms in total. The molecule has 1 aromatic heterocycles. The minimum absolute atomic E-state index is 0.152. The highest BCUT2D eigenvalue weighted by Gasteiger charge is 2.13. The van der Waals surface area contributed by atoms with Crippen molar-refractivity contribution >= 4 is 48.9 Å². The molecular weight excluding hydrogens is 408 g/mol. The fourth-order valence-corrected chi connectivity index (χ4v) is 3.69. The van der Waals surface area contributed by atoms with Gasteiger partial charge in [-0.1, -0.05) is 15.9 Å². The Kier molecular flexibility index (Phi) is 5.71. The van der Waals surface area contributed by atoms with E-state index >= 15 is 0 Å². The Balaban J connectivity index is 1.90. The predicted molar refractivity (Wildman–Crippen MR) is 88.2 cm³/mol. The summed E-state index contributed by atoms with van der Waals surface area (Å²) in [5.41, 5.74) is 0.844. The first kappa shape index (κ1) is 15.6. The number of thiophene rings is 1. The maximum Gasteiger partial charge on any atom is 0.273 e. The molecule has 20 heavy (non-hydrogen) atoms. The quantitative estimate of drug-likeness (QED) is 0.425. The zero-order valence-corrected chi connectivity index (χ0v) is 14.4. The highest BCUT2D eigenvalue weighted by molar-refractivity contribution is 9.11. The van der Waals surface area contributed by atoms with Gasteiger partial charge in [0.25, 0.3) is 5.69 Å². The topological polar surface area (TPSA) is 55.2 Å². The smallest absolute Gasteiger partial charge is 0.273 e. The van der Waals surface area contributed by atoms with Crippen molar-refractivity contribution < 1.29 is 4.92 Å². The van der Waals surface area contributed by atoms with Crippen molar-refractivity contribution in [3.05, 3.63) is 59.1 Å². The summed E-state index contributed by atoms with van der Waals surface area (Å²) >= 11 is 8.47. The molecule has 0 unspecified atom stereocenters. The number of benzene rings is 1. The van der Waals surface area contributed by atoms with Gasteiger partial charge in [-0.25, -0.2) is 0 Å². The van der Waals surface area contributed by atoms with Crippen LogP contribution in [0, 0.1) is 10.1 Å². The predicted octanol–water partition coefficient (Wildman–Crippen LogP) is 4.51. The number of halogens is 2. The van der Waals surface area contributed by atoms with Crippen LogP contribution in [0.4, 0.5) is 5.69 Å². The molecule has 2 rings (SSSR count). The lowest BCUT2D eigenvalue weighted by Gasteiger charge is -2.05. The summed E-state index contributed by atoms with van der Waals surface area (Å²) in [4.78, 5) is 11.9. The van der Waals surface area contributed by atoms with E-state index in [1.165, 1.54) is 10.9 Å². The summed E-state index contributed by atoms with van der Waals surface area (Å²) in [7, 11) is 0. The summed E-state index contributed by atoms with van der Waals surface area (Å²) in [6.45, 7) is 1.28. The van der Waals surface area contributed by atoms with E-state index in [2.05, 4.69) is 43.2 Å². The molecule has 0 atom stereocenters. The molecule has 0 bridgehead atoms. The van der Waals surface area contributed by atoms with E-state index < -0.39 is 0 Å². The minimum Gasteiger partial charge on any atom is -0.312 e. The molecule has 7 heteroatoms. The summed E-state index contributed by atoms with van der Waals surface area (Å²) in [6.07, 6.45) is 0.915. The van der Waals surface area contributed by atoms with E-state index in [0.717, 1.165) is 21.2 Å². The van der Waals surface area contributed by atoms with Crippen LogP contribution < -0.4 is 5.32 Å². The SMILES string of the molecule is O=[N+]([O-])c1ccc(Br)cc1CNCCc1ccc(Br)s1. The fourth-order valence-electron chi connectivity index (χ4n) is 1.79. The first-order valence-corrected chi connectivity index (χ1v) is 8.34. The molecule has 0 spiro atoms. The van der Waals surface area contributed by atoms with Crippen molar-refractivity contribution in [3.63, 3.8) is 0 Å². The lowest BCUT2D eigenvalue weighted by molar-refractivity contribution is -0.385. The van der Waals surface area contributed by atoms with E-state index in [4.69, 9.17) is 0 Å². The molecule has 0 saturated heterocycles. The monoisotopic (exact) mass is 418 g/mol. The van der Waals surface area contributed by atoms with E-state index in [0.29, 0.717) is 12.1 Å². The van der Waals surface area contributed by atoms with E-state index in [1.54, 1.807) is 23.5 Å². The maximum atomic E-state index is 10.9. The summed E-state index contributed by atoms with van der Waals surface area (Å²) in [5.74, 6) is 0. The molecule has 1 aromatic carbocycles. The molecule has 0 aliphatic carbocycles. The Labute approximate surface area is 137 Å². The van der Waals surface area contributed by atoms with Crippen LogP contribution in [0.25, 0.3) is 0 Å². The number of nitrogens with zero attached hydrogens (tertiary/aromatic N) is 1. The Morgan fingerprint density at radius 2 is 2.05 bits per heavy atom. The molecule has 2 aromatic rings. The fraction of sp³-hybridized carbons (Fsp3) is 0.231. The lowest BCUT2D eigenvalue weighted by Crippen LogP contribution is -2.17. The van der Waals surface area contributed by atoms with Crippen molar-refractivity contribution in [1.29, 1.82) is 0 Å². The van der Waals surface area contributed by atoms with Gasteiger partial charge in [-0.3, -0.25) is 10.1 Å². The average molecular weight is 420 g/mol. The molecule has 0 radical (unpaired) electrons. The van der Waals surface area contributed by atoms with E-state index in [9.17, 15) is 10.1 Å². The standard InChI is InChI=1S/C13H12Br2N2O2S/c14-10-1-3-12(17(18)19)9(7-10)8-16-6-5-11-2-4-13(15)20-11/h1-4,7,16H,5-6,8H2. The molecule has 106 valence electrons. The second-order valence-electron chi connectivity index (χ2n) is 4.16. The van der Waals surface area contributed by atoms with Crippen molar-refractivity contribution in [2.75, 3.05) is 6.54 Å². The van der Waals surface area contributed by atoms with Crippen LogP contribution in [0.1, 0.15) is 10.4 Å². The number of hydrogen-bond acceptors (Lipinski definition) is 4.